The number of fused-ring (bicyclic) bond motifs is 1. The predicted molar refractivity (Wildman–Crippen MR) is 143 cm³/mol. The SMILES string of the molecule is CN1C(=O)c2c(O)c(=O)c(-c3nnc(Cc4ccc(F)cc4F)s3)cn2N(C)C12CCC(C(=O)N1CC(F)(F)C1)CC2. The van der Waals surface area contributed by atoms with Crippen molar-refractivity contribution >= 4 is 23.2 Å². The van der Waals surface area contributed by atoms with Gasteiger partial charge in [-0.3, -0.25) is 24.1 Å². The Hall–Kier alpha value is -4.01. The number of nitrogens with zero attached hydrogens (tertiary/aromatic N) is 6. The molecule has 4 heterocycles. The first-order chi connectivity index (χ1) is 19.8. The smallest absolute Gasteiger partial charge is 0.282 e. The fourth-order valence-electron chi connectivity index (χ4n) is 6.12. The molecule has 3 aliphatic rings. The second-order valence-corrected chi connectivity index (χ2v) is 12.1. The van der Waals surface area contributed by atoms with Crippen LogP contribution in [0.15, 0.2) is 29.2 Å². The van der Waals surface area contributed by atoms with Gasteiger partial charge in [0.1, 0.15) is 22.3 Å². The van der Waals surface area contributed by atoms with Gasteiger partial charge in [-0.05, 0) is 37.3 Å². The summed E-state index contributed by atoms with van der Waals surface area (Å²) >= 11 is 0.994. The maximum atomic E-state index is 14.2. The van der Waals surface area contributed by atoms with Crippen molar-refractivity contribution in [3.8, 4) is 16.3 Å². The second kappa shape index (κ2) is 9.78. The molecule has 2 aromatic heterocycles. The minimum absolute atomic E-state index is 0.00326. The third-order valence-electron chi connectivity index (χ3n) is 8.57. The highest BCUT2D eigenvalue weighted by atomic mass is 32.1. The molecule has 1 N–H and O–H groups in total. The lowest BCUT2D eigenvalue weighted by molar-refractivity contribution is -0.171. The molecule has 1 aliphatic carbocycles. The van der Waals surface area contributed by atoms with Gasteiger partial charge in [-0.15, -0.1) is 10.2 Å². The Kier molecular flexibility index (Phi) is 6.55. The summed E-state index contributed by atoms with van der Waals surface area (Å²) < 4.78 is 55.4. The predicted octanol–water partition coefficient (Wildman–Crippen LogP) is 2.96. The highest BCUT2D eigenvalue weighted by Crippen LogP contribution is 2.43. The van der Waals surface area contributed by atoms with Gasteiger partial charge in [-0.1, -0.05) is 17.4 Å². The number of rotatable bonds is 4. The number of aromatic nitrogens is 3. The van der Waals surface area contributed by atoms with Crippen molar-refractivity contribution < 1.29 is 32.3 Å². The van der Waals surface area contributed by atoms with Crippen LogP contribution in [0.3, 0.4) is 0 Å². The molecular weight excluding hydrogens is 580 g/mol. The van der Waals surface area contributed by atoms with Crippen molar-refractivity contribution in [3.05, 3.63) is 62.5 Å². The fraction of sp³-hybridized carbons (Fsp3) is 0.444. The molecule has 1 aromatic carbocycles. The molecule has 15 heteroatoms. The lowest BCUT2D eigenvalue weighted by Gasteiger charge is -2.56. The molecule has 2 fully saturated rings. The Labute approximate surface area is 240 Å². The second-order valence-electron chi connectivity index (χ2n) is 11.0. The first-order valence-corrected chi connectivity index (χ1v) is 14.1. The molecule has 2 aliphatic heterocycles. The Balaban J connectivity index is 1.28. The number of carbonyl (C=O) groups is 2. The van der Waals surface area contributed by atoms with Gasteiger partial charge in [-0.25, -0.2) is 17.6 Å². The van der Waals surface area contributed by atoms with Gasteiger partial charge in [0.15, 0.2) is 16.5 Å². The van der Waals surface area contributed by atoms with Gasteiger partial charge < -0.3 is 14.9 Å². The molecule has 0 radical (unpaired) electrons. The molecular formula is C27H26F4N6O4S. The van der Waals surface area contributed by atoms with Gasteiger partial charge in [0, 0.05) is 38.7 Å². The van der Waals surface area contributed by atoms with Crippen LogP contribution in [-0.2, 0) is 11.2 Å². The third-order valence-corrected chi connectivity index (χ3v) is 9.52. The molecule has 42 heavy (non-hydrogen) atoms. The Morgan fingerprint density at radius 3 is 2.45 bits per heavy atom. The van der Waals surface area contributed by atoms with E-state index in [9.17, 15) is 37.1 Å². The van der Waals surface area contributed by atoms with E-state index in [2.05, 4.69) is 10.2 Å². The Bertz CT molecular complexity index is 1660. The molecule has 1 spiro atoms. The number of carbonyl (C=O) groups excluding carboxylic acids is 2. The molecule has 0 bridgehead atoms. The minimum Gasteiger partial charge on any atom is -0.502 e. The van der Waals surface area contributed by atoms with Crippen molar-refractivity contribution in [2.75, 3.05) is 32.2 Å². The number of likely N-dealkylation sites (tertiary alicyclic amines) is 1. The van der Waals surface area contributed by atoms with Crippen molar-refractivity contribution in [2.24, 2.45) is 5.92 Å². The van der Waals surface area contributed by atoms with Crippen LogP contribution < -0.4 is 10.4 Å². The largest absolute Gasteiger partial charge is 0.502 e. The quantitative estimate of drug-likeness (QED) is 0.455. The van der Waals surface area contributed by atoms with E-state index >= 15 is 0 Å². The first-order valence-electron chi connectivity index (χ1n) is 13.3. The maximum absolute atomic E-state index is 14.2. The zero-order valence-electron chi connectivity index (χ0n) is 22.6. The molecule has 0 atom stereocenters. The van der Waals surface area contributed by atoms with Gasteiger partial charge in [0.05, 0.1) is 18.7 Å². The topological polar surface area (TPSA) is 112 Å². The standard InChI is InChI=1S/C27H26F4N6O4S/c1-34-25(41)20-22(39)21(38)17(23-33-32-19(42-23)9-15-3-4-16(28)10-18(15)29)11-37(20)35(2)27(34)7-5-14(6-8-27)24(40)36-12-26(30,31)13-36/h3-4,10-11,14,39H,5-9,12-13H2,1-2H3. The monoisotopic (exact) mass is 606 g/mol. The number of amides is 2. The van der Waals surface area contributed by atoms with Crippen LogP contribution in [0.4, 0.5) is 17.6 Å². The third kappa shape index (κ3) is 4.41. The van der Waals surface area contributed by atoms with E-state index in [-0.39, 0.29) is 34.2 Å². The average Bonchev–Trinajstić information content (AvgIpc) is 3.40. The number of halogens is 4. The highest BCUT2D eigenvalue weighted by molar-refractivity contribution is 7.14. The average molecular weight is 607 g/mol. The number of alkyl halides is 2. The molecule has 2 amide bonds. The summed E-state index contributed by atoms with van der Waals surface area (Å²) in [6.45, 7) is -1.17. The molecule has 1 saturated heterocycles. The van der Waals surface area contributed by atoms with Crippen molar-refractivity contribution in [1.82, 2.24) is 24.7 Å². The molecule has 222 valence electrons. The number of benzene rings is 1. The van der Waals surface area contributed by atoms with Crippen LogP contribution >= 0.6 is 11.3 Å². The van der Waals surface area contributed by atoms with Crippen LogP contribution in [-0.4, -0.2) is 80.4 Å². The van der Waals surface area contributed by atoms with Crippen molar-refractivity contribution in [2.45, 2.75) is 43.7 Å². The number of hydrogen-bond acceptors (Lipinski definition) is 8. The summed E-state index contributed by atoms with van der Waals surface area (Å²) in [4.78, 5) is 42.1. The van der Waals surface area contributed by atoms with Crippen LogP contribution in [0.1, 0.15) is 46.7 Å². The lowest BCUT2D eigenvalue weighted by atomic mass is 9.79. The fourth-order valence-corrected chi connectivity index (χ4v) is 6.99. The molecule has 10 nitrogen and oxygen atoms in total. The normalized spacial score (nSPS) is 23.2. The van der Waals surface area contributed by atoms with Crippen molar-refractivity contribution in [1.29, 1.82) is 0 Å². The summed E-state index contributed by atoms with van der Waals surface area (Å²) in [6, 6.07) is 3.18. The first kappa shape index (κ1) is 28.1. The number of hydrogen-bond donors (Lipinski definition) is 1. The van der Waals surface area contributed by atoms with E-state index in [1.165, 1.54) is 21.8 Å². The minimum atomic E-state index is -2.85. The van der Waals surface area contributed by atoms with Gasteiger partial charge in [0.2, 0.25) is 11.3 Å². The van der Waals surface area contributed by atoms with Gasteiger partial charge in [-0.2, -0.15) is 0 Å². The van der Waals surface area contributed by atoms with Gasteiger partial charge >= 0.3 is 0 Å². The Morgan fingerprint density at radius 1 is 1.12 bits per heavy atom. The van der Waals surface area contributed by atoms with E-state index in [1.807, 2.05) is 0 Å². The number of aromatic hydroxyl groups is 1. The van der Waals surface area contributed by atoms with E-state index in [0.717, 1.165) is 28.4 Å². The van der Waals surface area contributed by atoms with E-state index in [0.29, 0.717) is 30.7 Å². The van der Waals surface area contributed by atoms with E-state index in [1.54, 1.807) is 19.1 Å². The molecule has 0 unspecified atom stereocenters. The highest BCUT2D eigenvalue weighted by Gasteiger charge is 2.53. The van der Waals surface area contributed by atoms with E-state index < -0.39 is 59.3 Å². The zero-order valence-corrected chi connectivity index (χ0v) is 23.4. The summed E-state index contributed by atoms with van der Waals surface area (Å²) in [5.74, 6) is -6.44. The zero-order chi connectivity index (χ0) is 30.1. The molecule has 6 rings (SSSR count). The van der Waals surface area contributed by atoms with Crippen LogP contribution in [0.5, 0.6) is 5.75 Å². The number of pyridine rings is 1. The molecule has 1 saturated carbocycles. The summed E-state index contributed by atoms with van der Waals surface area (Å²) in [5, 5.41) is 21.2. The Morgan fingerprint density at radius 2 is 1.81 bits per heavy atom. The van der Waals surface area contributed by atoms with E-state index in [4.69, 9.17) is 0 Å². The maximum Gasteiger partial charge on any atom is 0.282 e. The van der Waals surface area contributed by atoms with Gasteiger partial charge in [0.25, 0.3) is 11.8 Å². The van der Waals surface area contributed by atoms with Crippen LogP contribution in [0, 0.1) is 17.6 Å². The van der Waals surface area contributed by atoms with Crippen LogP contribution in [0.2, 0.25) is 0 Å². The summed E-state index contributed by atoms with van der Waals surface area (Å²) in [7, 11) is 3.25. The van der Waals surface area contributed by atoms with Crippen LogP contribution in [0.25, 0.3) is 10.6 Å². The van der Waals surface area contributed by atoms with Crippen molar-refractivity contribution in [3.63, 3.8) is 0 Å². The summed E-state index contributed by atoms with van der Waals surface area (Å²) in [6.07, 6.45) is 2.81. The summed E-state index contributed by atoms with van der Waals surface area (Å²) in [5.41, 5.74) is -1.81. The molecule has 3 aromatic rings. The lowest BCUT2D eigenvalue weighted by Crippen LogP contribution is -2.69.